The molecule has 2 aromatic rings. The van der Waals surface area contributed by atoms with Crippen molar-refractivity contribution < 1.29 is 14.3 Å². The molecule has 1 fully saturated rings. The summed E-state index contributed by atoms with van der Waals surface area (Å²) in [5.74, 6) is 1.89. The van der Waals surface area contributed by atoms with Gasteiger partial charge in [-0.2, -0.15) is 0 Å². The van der Waals surface area contributed by atoms with Crippen LogP contribution in [0.5, 0.6) is 11.5 Å². The molecule has 27 heavy (non-hydrogen) atoms. The number of hydrogen-bond donors (Lipinski definition) is 1. The fraction of sp³-hybridized carbons (Fsp3) is 0.435. The summed E-state index contributed by atoms with van der Waals surface area (Å²) in [7, 11) is 0. The van der Waals surface area contributed by atoms with Crippen molar-refractivity contribution >= 4 is 5.91 Å². The molecule has 142 valence electrons. The molecule has 2 aliphatic rings. The van der Waals surface area contributed by atoms with E-state index >= 15 is 0 Å². The number of carbonyl (C=O) groups excluding carboxylic acids is 1. The van der Waals surface area contributed by atoms with Gasteiger partial charge < -0.3 is 14.8 Å². The second kappa shape index (κ2) is 8.47. The van der Waals surface area contributed by atoms with Gasteiger partial charge in [0.1, 0.15) is 11.5 Å². The van der Waals surface area contributed by atoms with E-state index < -0.39 is 0 Å². The Labute approximate surface area is 160 Å². The van der Waals surface area contributed by atoms with Gasteiger partial charge in [0, 0.05) is 18.4 Å². The molecule has 0 saturated heterocycles. The number of benzene rings is 2. The van der Waals surface area contributed by atoms with Gasteiger partial charge >= 0.3 is 0 Å². The van der Waals surface area contributed by atoms with Crippen molar-refractivity contribution in [3.8, 4) is 11.5 Å². The number of amides is 1. The minimum atomic E-state index is 0.0412. The first kappa shape index (κ1) is 17.9. The van der Waals surface area contributed by atoms with Gasteiger partial charge in [0.25, 0.3) is 0 Å². The lowest BCUT2D eigenvalue weighted by atomic mass is 10.00. The van der Waals surface area contributed by atoms with Crippen LogP contribution >= 0.6 is 0 Å². The molecule has 1 aliphatic carbocycles. The second-order valence-electron chi connectivity index (χ2n) is 7.47. The average molecular weight is 365 g/mol. The van der Waals surface area contributed by atoms with Gasteiger partial charge in [-0.15, -0.1) is 0 Å². The number of para-hydroxylation sites is 1. The number of nitrogens with one attached hydrogen (secondary N) is 1. The molecule has 1 unspecified atom stereocenters. The third-order valence-electron chi connectivity index (χ3n) is 5.44. The summed E-state index contributed by atoms with van der Waals surface area (Å²) in [5.41, 5.74) is 2.22. The quantitative estimate of drug-likeness (QED) is 0.815. The molecule has 4 heteroatoms. The first-order chi connectivity index (χ1) is 13.3. The standard InChI is InChI=1S/C23H27NO3/c25-23(24-21-14-15-26-22-11-4-3-10-20(21)22)13-12-17-6-5-9-19(16-17)27-18-7-1-2-8-18/h3-6,9-11,16,18,21H,1-2,7-8,12-15H2,(H,24,25). The largest absolute Gasteiger partial charge is 0.493 e. The number of aryl methyl sites for hydroxylation is 1. The van der Waals surface area contributed by atoms with E-state index in [0.717, 1.165) is 48.3 Å². The summed E-state index contributed by atoms with van der Waals surface area (Å²) in [6, 6.07) is 16.2. The van der Waals surface area contributed by atoms with E-state index in [9.17, 15) is 4.79 Å². The highest BCUT2D eigenvalue weighted by Crippen LogP contribution is 2.31. The summed E-state index contributed by atoms with van der Waals surface area (Å²) >= 11 is 0. The minimum absolute atomic E-state index is 0.0412. The van der Waals surface area contributed by atoms with Crippen molar-refractivity contribution in [1.82, 2.24) is 5.32 Å². The normalized spacial score (nSPS) is 19.2. The Morgan fingerprint density at radius 1 is 1.07 bits per heavy atom. The highest BCUT2D eigenvalue weighted by atomic mass is 16.5. The van der Waals surface area contributed by atoms with Gasteiger partial charge in [0.15, 0.2) is 0 Å². The molecule has 4 rings (SSSR count). The Kier molecular flexibility index (Phi) is 5.61. The van der Waals surface area contributed by atoms with Gasteiger partial charge in [0.05, 0.1) is 18.8 Å². The van der Waals surface area contributed by atoms with Gasteiger partial charge in [-0.1, -0.05) is 30.3 Å². The maximum absolute atomic E-state index is 12.5. The summed E-state index contributed by atoms with van der Waals surface area (Å²) in [4.78, 5) is 12.5. The van der Waals surface area contributed by atoms with Crippen LogP contribution < -0.4 is 14.8 Å². The minimum Gasteiger partial charge on any atom is -0.493 e. The Morgan fingerprint density at radius 3 is 2.81 bits per heavy atom. The summed E-state index contributed by atoms with van der Waals surface area (Å²) < 4.78 is 11.7. The SMILES string of the molecule is O=C(CCc1cccc(OC2CCCC2)c1)NC1CCOc2ccccc21. The lowest BCUT2D eigenvalue weighted by Gasteiger charge is -2.26. The van der Waals surface area contributed by atoms with Crippen LogP contribution in [0.4, 0.5) is 0 Å². The molecule has 1 aliphatic heterocycles. The summed E-state index contributed by atoms with van der Waals surface area (Å²) in [6.45, 7) is 0.641. The van der Waals surface area contributed by atoms with Crippen LogP contribution in [0.1, 0.15) is 55.7 Å². The van der Waals surface area contributed by atoms with Gasteiger partial charge in [-0.3, -0.25) is 4.79 Å². The zero-order chi connectivity index (χ0) is 18.5. The predicted octanol–water partition coefficient (Wildman–Crippen LogP) is 4.58. The number of rotatable bonds is 6. The maximum Gasteiger partial charge on any atom is 0.220 e. The highest BCUT2D eigenvalue weighted by molar-refractivity contribution is 5.77. The molecule has 4 nitrogen and oxygen atoms in total. The van der Waals surface area contributed by atoms with Crippen molar-refractivity contribution in [3.63, 3.8) is 0 Å². The maximum atomic E-state index is 12.5. The molecular weight excluding hydrogens is 338 g/mol. The fourth-order valence-corrected chi connectivity index (χ4v) is 3.99. The molecule has 0 aromatic heterocycles. The summed E-state index contributed by atoms with van der Waals surface area (Å²) in [6.07, 6.45) is 7.20. The lowest BCUT2D eigenvalue weighted by Crippen LogP contribution is -2.32. The van der Waals surface area contributed by atoms with Crippen molar-refractivity contribution in [1.29, 1.82) is 0 Å². The van der Waals surface area contributed by atoms with E-state index in [1.165, 1.54) is 12.8 Å². The van der Waals surface area contributed by atoms with E-state index in [2.05, 4.69) is 17.4 Å². The van der Waals surface area contributed by atoms with Crippen molar-refractivity contribution in [2.75, 3.05) is 6.61 Å². The Hall–Kier alpha value is -2.49. The van der Waals surface area contributed by atoms with Crippen LogP contribution in [0.3, 0.4) is 0 Å². The Morgan fingerprint density at radius 2 is 1.93 bits per heavy atom. The van der Waals surface area contributed by atoms with Crippen LogP contribution in [0.25, 0.3) is 0 Å². The second-order valence-corrected chi connectivity index (χ2v) is 7.47. The van der Waals surface area contributed by atoms with E-state index in [1.807, 2.05) is 36.4 Å². The zero-order valence-electron chi connectivity index (χ0n) is 15.7. The number of carbonyl (C=O) groups is 1. The first-order valence-electron chi connectivity index (χ1n) is 10.0. The third kappa shape index (κ3) is 4.62. The third-order valence-corrected chi connectivity index (χ3v) is 5.44. The van der Waals surface area contributed by atoms with E-state index in [0.29, 0.717) is 19.1 Å². The van der Waals surface area contributed by atoms with Gasteiger partial charge in [-0.25, -0.2) is 0 Å². The molecule has 2 aromatic carbocycles. The van der Waals surface area contributed by atoms with E-state index in [4.69, 9.17) is 9.47 Å². The van der Waals surface area contributed by atoms with E-state index in [1.54, 1.807) is 0 Å². The monoisotopic (exact) mass is 365 g/mol. The molecule has 1 amide bonds. The summed E-state index contributed by atoms with van der Waals surface area (Å²) in [5, 5.41) is 3.17. The molecular formula is C23H27NO3. The molecule has 1 heterocycles. The zero-order valence-corrected chi connectivity index (χ0v) is 15.7. The van der Waals surface area contributed by atoms with E-state index in [-0.39, 0.29) is 11.9 Å². The molecule has 1 atom stereocenters. The predicted molar refractivity (Wildman–Crippen MR) is 105 cm³/mol. The van der Waals surface area contributed by atoms with Crippen LogP contribution in [0, 0.1) is 0 Å². The molecule has 1 N–H and O–H groups in total. The average Bonchev–Trinajstić information content (AvgIpc) is 3.20. The Balaban J connectivity index is 1.31. The fourth-order valence-electron chi connectivity index (χ4n) is 3.99. The number of fused-ring (bicyclic) bond motifs is 1. The topological polar surface area (TPSA) is 47.6 Å². The van der Waals surface area contributed by atoms with Crippen LogP contribution in [0.2, 0.25) is 0 Å². The highest BCUT2D eigenvalue weighted by Gasteiger charge is 2.22. The number of ether oxygens (including phenoxy) is 2. The molecule has 0 radical (unpaired) electrons. The van der Waals surface area contributed by atoms with Crippen LogP contribution in [-0.4, -0.2) is 18.6 Å². The van der Waals surface area contributed by atoms with Crippen LogP contribution in [0.15, 0.2) is 48.5 Å². The van der Waals surface area contributed by atoms with Gasteiger partial charge in [0.2, 0.25) is 5.91 Å². The molecule has 1 saturated carbocycles. The van der Waals surface area contributed by atoms with Crippen LogP contribution in [-0.2, 0) is 11.2 Å². The van der Waals surface area contributed by atoms with Crippen molar-refractivity contribution in [3.05, 3.63) is 59.7 Å². The Bertz CT molecular complexity index is 783. The molecule has 0 spiro atoms. The van der Waals surface area contributed by atoms with Gasteiger partial charge in [-0.05, 0) is 55.9 Å². The first-order valence-corrected chi connectivity index (χ1v) is 10.0. The van der Waals surface area contributed by atoms with Crippen molar-refractivity contribution in [2.45, 2.75) is 57.1 Å². The van der Waals surface area contributed by atoms with Crippen molar-refractivity contribution in [2.24, 2.45) is 0 Å². The number of hydrogen-bond acceptors (Lipinski definition) is 3. The lowest BCUT2D eigenvalue weighted by molar-refractivity contribution is -0.122. The molecule has 0 bridgehead atoms. The smallest absolute Gasteiger partial charge is 0.220 e.